The Morgan fingerprint density at radius 3 is 2.82 bits per heavy atom. The monoisotopic (exact) mass is 290 g/mol. The van der Waals surface area contributed by atoms with E-state index < -0.39 is 0 Å². The number of aromatic nitrogens is 4. The minimum atomic E-state index is -0.0214. The van der Waals surface area contributed by atoms with Crippen molar-refractivity contribution in [1.29, 1.82) is 0 Å². The van der Waals surface area contributed by atoms with Crippen molar-refractivity contribution in [3.63, 3.8) is 0 Å². The molecule has 0 saturated carbocycles. The molecule has 0 aliphatic carbocycles. The summed E-state index contributed by atoms with van der Waals surface area (Å²) in [5.41, 5.74) is 3.71. The van der Waals surface area contributed by atoms with Gasteiger partial charge in [-0.2, -0.15) is 4.52 Å². The van der Waals surface area contributed by atoms with Crippen LogP contribution in [0.5, 0.6) is 0 Å². The summed E-state index contributed by atoms with van der Waals surface area (Å²) >= 11 is 0. The minimum absolute atomic E-state index is 0.0214. The lowest BCUT2D eigenvalue weighted by Gasteiger charge is -2.10. The smallest absolute Gasteiger partial charge is 0.261 e. The summed E-state index contributed by atoms with van der Waals surface area (Å²) in [5, 5.41) is 8.73. The summed E-state index contributed by atoms with van der Waals surface area (Å²) in [6.45, 7) is 2.55. The summed E-state index contributed by atoms with van der Waals surface area (Å²) in [5.74, 6) is 0. The summed E-state index contributed by atoms with van der Waals surface area (Å²) in [7, 11) is 0. The van der Waals surface area contributed by atoms with Gasteiger partial charge in [0.25, 0.3) is 5.56 Å². The van der Waals surface area contributed by atoms with Crippen LogP contribution in [0.1, 0.15) is 11.1 Å². The van der Waals surface area contributed by atoms with Gasteiger partial charge in [0.05, 0.1) is 23.6 Å². The van der Waals surface area contributed by atoms with E-state index in [4.69, 9.17) is 0 Å². The van der Waals surface area contributed by atoms with Gasteiger partial charge in [0, 0.05) is 0 Å². The Morgan fingerprint density at radius 1 is 1.09 bits per heavy atom. The number of nitrogens with zero attached hydrogens (tertiary/aromatic N) is 4. The average Bonchev–Trinajstić information content (AvgIpc) is 3.01. The summed E-state index contributed by atoms with van der Waals surface area (Å²) < 4.78 is 3.43. The second kappa shape index (κ2) is 4.80. The number of para-hydroxylation sites is 1. The van der Waals surface area contributed by atoms with Crippen molar-refractivity contribution in [3.8, 4) is 0 Å². The third kappa shape index (κ3) is 1.90. The Morgan fingerprint density at radius 2 is 1.95 bits per heavy atom. The highest BCUT2D eigenvalue weighted by atomic mass is 16.1. The molecule has 5 nitrogen and oxygen atoms in total. The maximum atomic E-state index is 12.8. The van der Waals surface area contributed by atoms with Gasteiger partial charge in [0.2, 0.25) is 0 Å². The molecule has 2 aromatic carbocycles. The van der Waals surface area contributed by atoms with Crippen molar-refractivity contribution in [2.45, 2.75) is 13.5 Å². The second-order valence-corrected chi connectivity index (χ2v) is 5.40. The predicted molar refractivity (Wildman–Crippen MR) is 85.0 cm³/mol. The Kier molecular flexibility index (Phi) is 2.79. The standard InChI is InChI=1S/C17H14N4O/c1-12-5-4-6-13(9-12)11-20-16-10-18-19-21(16)15-8-3-2-7-14(15)17(20)22/h2-10H,11H2,1H3. The van der Waals surface area contributed by atoms with E-state index in [1.807, 2.05) is 49.4 Å². The van der Waals surface area contributed by atoms with E-state index in [1.54, 1.807) is 15.3 Å². The normalized spacial score (nSPS) is 11.3. The van der Waals surface area contributed by atoms with Gasteiger partial charge in [0.1, 0.15) is 0 Å². The quantitative estimate of drug-likeness (QED) is 0.569. The molecule has 4 rings (SSSR count). The highest BCUT2D eigenvalue weighted by Crippen LogP contribution is 2.13. The van der Waals surface area contributed by atoms with E-state index in [0.29, 0.717) is 17.6 Å². The van der Waals surface area contributed by atoms with Crippen LogP contribution in [-0.4, -0.2) is 19.4 Å². The van der Waals surface area contributed by atoms with E-state index in [0.717, 1.165) is 11.1 Å². The zero-order chi connectivity index (χ0) is 15.1. The zero-order valence-electron chi connectivity index (χ0n) is 12.1. The molecule has 0 N–H and O–H groups in total. The number of hydrogen-bond donors (Lipinski definition) is 0. The molecule has 22 heavy (non-hydrogen) atoms. The number of hydrogen-bond acceptors (Lipinski definition) is 3. The lowest BCUT2D eigenvalue weighted by atomic mass is 10.1. The maximum Gasteiger partial charge on any atom is 0.261 e. The van der Waals surface area contributed by atoms with Gasteiger partial charge < -0.3 is 0 Å². The van der Waals surface area contributed by atoms with Crippen LogP contribution in [0.3, 0.4) is 0 Å². The fraction of sp³-hybridized carbons (Fsp3) is 0.118. The fourth-order valence-electron chi connectivity index (χ4n) is 2.82. The molecule has 2 aromatic heterocycles. The Bertz CT molecular complexity index is 1050. The Hall–Kier alpha value is -2.95. The van der Waals surface area contributed by atoms with Crippen LogP contribution in [0.4, 0.5) is 0 Å². The number of benzene rings is 2. The van der Waals surface area contributed by atoms with Gasteiger partial charge in [-0.05, 0) is 24.6 Å². The van der Waals surface area contributed by atoms with Crippen LogP contribution < -0.4 is 5.56 Å². The fourth-order valence-corrected chi connectivity index (χ4v) is 2.82. The van der Waals surface area contributed by atoms with Crippen molar-refractivity contribution in [2.24, 2.45) is 0 Å². The minimum Gasteiger partial charge on any atom is -0.287 e. The molecule has 0 unspecified atom stereocenters. The lowest BCUT2D eigenvalue weighted by molar-refractivity contribution is 0.760. The topological polar surface area (TPSA) is 52.2 Å². The molecule has 0 radical (unpaired) electrons. The second-order valence-electron chi connectivity index (χ2n) is 5.40. The molecule has 0 spiro atoms. The van der Waals surface area contributed by atoms with Crippen molar-refractivity contribution < 1.29 is 0 Å². The molecule has 0 bridgehead atoms. The van der Waals surface area contributed by atoms with Crippen molar-refractivity contribution >= 4 is 16.6 Å². The van der Waals surface area contributed by atoms with Gasteiger partial charge in [0.15, 0.2) is 5.65 Å². The molecule has 0 amide bonds. The van der Waals surface area contributed by atoms with Crippen LogP contribution >= 0.6 is 0 Å². The van der Waals surface area contributed by atoms with Crippen LogP contribution in [-0.2, 0) is 6.54 Å². The first-order chi connectivity index (χ1) is 10.7. The van der Waals surface area contributed by atoms with Crippen molar-refractivity contribution in [1.82, 2.24) is 19.4 Å². The molecule has 0 atom stereocenters. The molecule has 2 heterocycles. The highest BCUT2D eigenvalue weighted by molar-refractivity contribution is 5.80. The summed E-state index contributed by atoms with van der Waals surface area (Å²) in [6.07, 6.45) is 1.63. The van der Waals surface area contributed by atoms with Crippen molar-refractivity contribution in [3.05, 3.63) is 76.2 Å². The zero-order valence-corrected chi connectivity index (χ0v) is 12.1. The molecule has 108 valence electrons. The number of aryl methyl sites for hydroxylation is 1. The van der Waals surface area contributed by atoms with E-state index in [9.17, 15) is 4.79 Å². The molecule has 0 fully saturated rings. The average molecular weight is 290 g/mol. The molecule has 0 saturated heterocycles. The van der Waals surface area contributed by atoms with E-state index in [-0.39, 0.29) is 5.56 Å². The largest absolute Gasteiger partial charge is 0.287 e. The third-order valence-electron chi connectivity index (χ3n) is 3.84. The maximum absolute atomic E-state index is 12.8. The molecule has 0 aliphatic rings. The number of fused-ring (bicyclic) bond motifs is 3. The Balaban J connectivity index is 2.01. The van der Waals surface area contributed by atoms with Crippen LogP contribution in [0.2, 0.25) is 0 Å². The van der Waals surface area contributed by atoms with Gasteiger partial charge >= 0.3 is 0 Å². The number of rotatable bonds is 2. The lowest BCUT2D eigenvalue weighted by Crippen LogP contribution is -2.23. The van der Waals surface area contributed by atoms with E-state index >= 15 is 0 Å². The summed E-state index contributed by atoms with van der Waals surface area (Å²) in [6, 6.07) is 15.6. The van der Waals surface area contributed by atoms with Crippen LogP contribution in [0.25, 0.3) is 16.6 Å². The highest BCUT2D eigenvalue weighted by Gasteiger charge is 2.12. The molecule has 5 heteroatoms. The molecular weight excluding hydrogens is 276 g/mol. The Labute approximate surface area is 126 Å². The van der Waals surface area contributed by atoms with Crippen LogP contribution in [0.15, 0.2) is 59.5 Å². The van der Waals surface area contributed by atoms with Gasteiger partial charge in [-0.3, -0.25) is 9.36 Å². The SMILES string of the molecule is Cc1cccc(Cn2c(=O)c3ccccc3n3nncc23)c1. The molecular formula is C17H14N4O. The predicted octanol–water partition coefficient (Wildman–Crippen LogP) is 2.40. The first kappa shape index (κ1) is 12.8. The van der Waals surface area contributed by atoms with E-state index in [1.165, 1.54) is 5.56 Å². The molecule has 0 aliphatic heterocycles. The van der Waals surface area contributed by atoms with Crippen LogP contribution in [0, 0.1) is 6.92 Å². The first-order valence-corrected chi connectivity index (χ1v) is 7.11. The van der Waals surface area contributed by atoms with E-state index in [2.05, 4.69) is 16.4 Å². The van der Waals surface area contributed by atoms with Crippen molar-refractivity contribution in [2.75, 3.05) is 0 Å². The molecule has 4 aromatic rings. The third-order valence-corrected chi connectivity index (χ3v) is 3.84. The van der Waals surface area contributed by atoms with Gasteiger partial charge in [-0.1, -0.05) is 47.2 Å². The first-order valence-electron chi connectivity index (χ1n) is 7.11. The summed E-state index contributed by atoms with van der Waals surface area (Å²) in [4.78, 5) is 12.8. The van der Waals surface area contributed by atoms with Gasteiger partial charge in [-0.15, -0.1) is 5.10 Å². The van der Waals surface area contributed by atoms with Gasteiger partial charge in [-0.25, -0.2) is 0 Å².